The van der Waals surface area contributed by atoms with Gasteiger partial charge >= 0.3 is 60.8 Å². The van der Waals surface area contributed by atoms with E-state index < -0.39 is 27.0 Å². The first-order valence-corrected chi connectivity index (χ1v) is 10.8. The second-order valence-corrected chi connectivity index (χ2v) is 9.33. The van der Waals surface area contributed by atoms with E-state index in [9.17, 15) is 22.6 Å². The van der Waals surface area contributed by atoms with Crippen LogP contribution in [0.5, 0.6) is 0 Å². The predicted molar refractivity (Wildman–Crippen MR) is 113 cm³/mol. The van der Waals surface area contributed by atoms with E-state index in [0.29, 0.717) is 24.7 Å². The minimum atomic E-state index is -4.63. The summed E-state index contributed by atoms with van der Waals surface area (Å²) in [6.07, 6.45) is 0.489. The van der Waals surface area contributed by atoms with E-state index in [-0.39, 0.29) is 72.2 Å². The fraction of sp³-hybridized carbons (Fsp3) is 0.600. The molecule has 0 saturated heterocycles. The Hall–Kier alpha value is -0.359. The molecule has 0 amide bonds. The topological polar surface area (TPSA) is 107 Å². The van der Waals surface area contributed by atoms with Crippen molar-refractivity contribution in [2.45, 2.75) is 71.5 Å². The number of benzene rings is 1. The summed E-state index contributed by atoms with van der Waals surface area (Å²) in [7, 11) is -4.63. The number of ether oxygens (including phenoxy) is 2. The molecule has 0 aliphatic rings. The van der Waals surface area contributed by atoms with Gasteiger partial charge in [-0.05, 0) is 56.7 Å². The van der Waals surface area contributed by atoms with Gasteiger partial charge in [0.2, 0.25) is 0 Å². The van der Waals surface area contributed by atoms with Crippen LogP contribution in [0.2, 0.25) is 0 Å². The first-order chi connectivity index (χ1) is 12.8. The Balaban J connectivity index is 0.00000784. The molecule has 1 aromatic rings. The zero-order valence-corrected chi connectivity index (χ0v) is 18.1. The molecule has 0 heterocycles. The van der Waals surface area contributed by atoms with Crippen molar-refractivity contribution in [3.8, 4) is 0 Å². The van der Waals surface area contributed by atoms with Crippen molar-refractivity contribution in [2.24, 2.45) is 11.8 Å². The van der Waals surface area contributed by atoms with Crippen LogP contribution < -0.4 is 0 Å². The van der Waals surface area contributed by atoms with Crippen LogP contribution in [0, 0.1) is 11.8 Å². The van der Waals surface area contributed by atoms with Gasteiger partial charge in [-0.2, -0.15) is 8.42 Å². The van der Waals surface area contributed by atoms with Crippen molar-refractivity contribution in [3.63, 3.8) is 0 Å². The third-order valence-electron chi connectivity index (χ3n) is 3.90. The van der Waals surface area contributed by atoms with Gasteiger partial charge in [-0.1, -0.05) is 27.7 Å². The van der Waals surface area contributed by atoms with Crippen LogP contribution in [-0.4, -0.2) is 86.0 Å². The average Bonchev–Trinajstić information content (AvgIpc) is 2.51. The summed E-state index contributed by atoms with van der Waals surface area (Å²) in [4.78, 5) is 24.2. The summed E-state index contributed by atoms with van der Waals surface area (Å²) in [5, 5.41) is 0. The third kappa shape index (κ3) is 10.5. The van der Waals surface area contributed by atoms with Crippen LogP contribution in [0.4, 0.5) is 0 Å². The maximum absolute atomic E-state index is 12.4. The molecule has 0 aliphatic carbocycles. The molecule has 29 heavy (non-hydrogen) atoms. The molecule has 0 bridgehead atoms. The standard InChI is InChI=1S/C20H30O7S.Ba.2H/c1-12(2)7-14(5)26-19(21)16-9-17(11-18(10-16)28(23,24)25)20(22)27-15(6)8-13(3)4;;;/h9-15H,7-8H2,1-6H3,(H,23,24,25);;;. The molecular formula is C20H32BaO7S. The number of esters is 2. The minimum absolute atomic E-state index is 0. The summed E-state index contributed by atoms with van der Waals surface area (Å²) >= 11 is 0. The second kappa shape index (κ2) is 12.5. The Morgan fingerprint density at radius 2 is 1.17 bits per heavy atom. The molecule has 1 rings (SSSR count). The van der Waals surface area contributed by atoms with Gasteiger partial charge in [-0.15, -0.1) is 0 Å². The fourth-order valence-electron chi connectivity index (χ4n) is 2.91. The summed E-state index contributed by atoms with van der Waals surface area (Å²) in [6.45, 7) is 11.4. The summed E-state index contributed by atoms with van der Waals surface area (Å²) in [5.41, 5.74) is -0.289. The first-order valence-electron chi connectivity index (χ1n) is 9.34. The van der Waals surface area contributed by atoms with Crippen LogP contribution in [0.25, 0.3) is 0 Å². The molecule has 2 unspecified atom stereocenters. The molecule has 0 fully saturated rings. The Bertz CT molecular complexity index is 755. The zero-order valence-electron chi connectivity index (χ0n) is 17.3. The van der Waals surface area contributed by atoms with Gasteiger partial charge in [0.1, 0.15) is 0 Å². The monoisotopic (exact) mass is 554 g/mol. The second-order valence-electron chi connectivity index (χ2n) is 7.91. The molecular weight excluding hydrogens is 522 g/mol. The van der Waals surface area contributed by atoms with Gasteiger partial charge < -0.3 is 9.47 Å². The van der Waals surface area contributed by atoms with E-state index in [0.717, 1.165) is 12.1 Å². The fourth-order valence-corrected chi connectivity index (χ4v) is 3.46. The molecule has 0 spiro atoms. The van der Waals surface area contributed by atoms with Gasteiger partial charge in [-0.3, -0.25) is 4.55 Å². The van der Waals surface area contributed by atoms with E-state index in [2.05, 4.69) is 0 Å². The van der Waals surface area contributed by atoms with E-state index in [4.69, 9.17) is 9.47 Å². The third-order valence-corrected chi connectivity index (χ3v) is 4.73. The van der Waals surface area contributed by atoms with Crippen molar-refractivity contribution in [1.29, 1.82) is 0 Å². The maximum atomic E-state index is 12.4. The van der Waals surface area contributed by atoms with Crippen molar-refractivity contribution in [3.05, 3.63) is 29.3 Å². The number of carbonyl (C=O) groups excluding carboxylic acids is 2. The molecule has 9 heteroatoms. The van der Waals surface area contributed by atoms with Crippen molar-refractivity contribution >= 4 is 70.9 Å². The van der Waals surface area contributed by atoms with Gasteiger partial charge in [0.15, 0.2) is 0 Å². The molecule has 0 aromatic heterocycles. The number of hydrogen-bond donors (Lipinski definition) is 1. The average molecular weight is 554 g/mol. The molecule has 0 aliphatic heterocycles. The molecule has 162 valence electrons. The quantitative estimate of drug-likeness (QED) is 0.284. The molecule has 1 aromatic carbocycles. The summed E-state index contributed by atoms with van der Waals surface area (Å²) < 4.78 is 43.1. The number of carbonyl (C=O) groups is 2. The molecule has 1 N–H and O–H groups in total. The van der Waals surface area contributed by atoms with Gasteiger partial charge in [0.05, 0.1) is 28.2 Å². The van der Waals surface area contributed by atoms with Crippen LogP contribution >= 0.6 is 0 Å². The molecule has 0 radical (unpaired) electrons. The van der Waals surface area contributed by atoms with E-state index >= 15 is 0 Å². The SMILES string of the molecule is CC(C)CC(C)OC(=O)c1cc(C(=O)OC(C)CC(C)C)cc(S(=O)(=O)O)c1.[BaH2]. The van der Waals surface area contributed by atoms with E-state index in [1.165, 1.54) is 6.07 Å². The Morgan fingerprint density at radius 1 is 0.828 bits per heavy atom. The van der Waals surface area contributed by atoms with Gasteiger partial charge in [0.25, 0.3) is 10.1 Å². The van der Waals surface area contributed by atoms with Crippen LogP contribution in [0.1, 0.15) is 75.1 Å². The predicted octanol–water partition coefficient (Wildman–Crippen LogP) is 3.20. The van der Waals surface area contributed by atoms with Crippen LogP contribution in [0.15, 0.2) is 23.1 Å². The van der Waals surface area contributed by atoms with Crippen LogP contribution in [-0.2, 0) is 19.6 Å². The van der Waals surface area contributed by atoms with Crippen molar-refractivity contribution in [1.82, 2.24) is 0 Å². The molecule has 2 atom stereocenters. The van der Waals surface area contributed by atoms with Gasteiger partial charge in [0, 0.05) is 0 Å². The Labute approximate surface area is 213 Å². The number of rotatable bonds is 9. The van der Waals surface area contributed by atoms with Crippen LogP contribution in [0.3, 0.4) is 0 Å². The molecule has 7 nitrogen and oxygen atoms in total. The van der Waals surface area contributed by atoms with Crippen molar-refractivity contribution < 1.29 is 32.0 Å². The number of hydrogen-bond acceptors (Lipinski definition) is 6. The van der Waals surface area contributed by atoms with Gasteiger partial charge in [-0.25, -0.2) is 9.59 Å². The molecule has 0 saturated carbocycles. The zero-order chi connectivity index (χ0) is 21.6. The van der Waals surface area contributed by atoms with E-state index in [1.807, 2.05) is 27.7 Å². The normalized spacial score (nSPS) is 13.6. The first kappa shape index (κ1) is 28.6. The Morgan fingerprint density at radius 3 is 1.45 bits per heavy atom. The Kier molecular flexibility index (Phi) is 12.3. The summed E-state index contributed by atoms with van der Waals surface area (Å²) in [6, 6.07) is 3.17. The van der Waals surface area contributed by atoms with Crippen molar-refractivity contribution in [2.75, 3.05) is 0 Å². The summed E-state index contributed by atoms with van der Waals surface area (Å²) in [5.74, 6) is -0.939. The van der Waals surface area contributed by atoms with E-state index in [1.54, 1.807) is 13.8 Å².